The first-order valence-corrected chi connectivity index (χ1v) is 13.5. The predicted octanol–water partition coefficient (Wildman–Crippen LogP) is 4.60. The van der Waals surface area contributed by atoms with Crippen molar-refractivity contribution in [1.82, 2.24) is 19.6 Å². The number of carbonyl (C=O) groups is 1. The molecule has 1 aliphatic rings. The largest absolute Gasteiger partial charge is 0.465 e. The first-order chi connectivity index (χ1) is 17.4. The zero-order valence-electron chi connectivity index (χ0n) is 20.7. The van der Waals surface area contributed by atoms with E-state index in [1.807, 2.05) is 24.3 Å². The summed E-state index contributed by atoms with van der Waals surface area (Å²) in [5.41, 5.74) is 2.97. The minimum Gasteiger partial charge on any atom is -0.465 e. The van der Waals surface area contributed by atoms with Crippen molar-refractivity contribution in [2.45, 2.75) is 50.7 Å². The summed E-state index contributed by atoms with van der Waals surface area (Å²) in [6.07, 6.45) is 1.19. The number of amides is 1. The third-order valence-corrected chi connectivity index (χ3v) is 7.63. The van der Waals surface area contributed by atoms with Gasteiger partial charge < -0.3 is 20.6 Å². The highest BCUT2D eigenvalue weighted by Crippen LogP contribution is 2.26. The number of nitrogens with zero attached hydrogens (tertiary/aromatic N) is 3. The molecule has 37 heavy (non-hydrogen) atoms. The van der Waals surface area contributed by atoms with E-state index in [4.69, 9.17) is 11.6 Å². The molecule has 0 saturated carbocycles. The molecule has 0 spiro atoms. The van der Waals surface area contributed by atoms with Crippen LogP contribution in [0.15, 0.2) is 53.6 Å². The summed E-state index contributed by atoms with van der Waals surface area (Å²) in [7, 11) is -3.66. The highest BCUT2D eigenvalue weighted by molar-refractivity contribution is 7.89. The lowest BCUT2D eigenvalue weighted by molar-refractivity contribution is 0.140. The van der Waals surface area contributed by atoms with Crippen LogP contribution in [-0.4, -0.2) is 46.6 Å². The first-order valence-electron chi connectivity index (χ1n) is 11.7. The molecule has 2 heterocycles. The average molecular weight is 545 g/mol. The van der Waals surface area contributed by atoms with Gasteiger partial charge in [-0.05, 0) is 68.1 Å². The minimum atomic E-state index is -3.66. The van der Waals surface area contributed by atoms with Crippen molar-refractivity contribution in [2.75, 3.05) is 17.2 Å². The molecule has 1 amide bonds. The number of benzene rings is 2. The monoisotopic (exact) mass is 544 g/mol. The highest BCUT2D eigenvalue weighted by Gasteiger charge is 2.22. The van der Waals surface area contributed by atoms with E-state index >= 15 is 0 Å². The molecular formula is C25H29ClN6O4S. The van der Waals surface area contributed by atoms with Gasteiger partial charge in [0.05, 0.1) is 11.1 Å². The summed E-state index contributed by atoms with van der Waals surface area (Å²) in [4.78, 5) is 21.5. The van der Waals surface area contributed by atoms with Crippen LogP contribution in [0.3, 0.4) is 0 Å². The van der Waals surface area contributed by atoms with Gasteiger partial charge in [0.15, 0.2) is 5.82 Å². The van der Waals surface area contributed by atoms with Crippen molar-refractivity contribution in [3.05, 3.63) is 70.4 Å². The van der Waals surface area contributed by atoms with Gasteiger partial charge in [-0.25, -0.2) is 22.9 Å². The topological polar surface area (TPSA) is 137 Å². The zero-order chi connectivity index (χ0) is 26.8. The Morgan fingerprint density at radius 3 is 2.68 bits per heavy atom. The maximum absolute atomic E-state index is 12.7. The Morgan fingerprint density at radius 1 is 1.16 bits per heavy atom. The SMILES string of the molecule is CC(C)(C)NS(=O)(=O)c1cccc(CNc2nc(Nc3ccc4c(c3)CCN(C(=O)O)C4)ncc2Cl)c1. The number of fused-ring (bicyclic) bond motifs is 1. The number of halogens is 1. The van der Waals surface area contributed by atoms with E-state index in [9.17, 15) is 18.3 Å². The molecule has 196 valence electrons. The van der Waals surface area contributed by atoms with E-state index < -0.39 is 21.7 Å². The van der Waals surface area contributed by atoms with E-state index in [-0.39, 0.29) is 4.90 Å². The fourth-order valence-corrected chi connectivity index (χ4v) is 5.59. The minimum absolute atomic E-state index is 0.178. The number of sulfonamides is 1. The molecule has 0 radical (unpaired) electrons. The van der Waals surface area contributed by atoms with Crippen molar-refractivity contribution < 1.29 is 18.3 Å². The molecular weight excluding hydrogens is 516 g/mol. The lowest BCUT2D eigenvalue weighted by Crippen LogP contribution is -2.40. The van der Waals surface area contributed by atoms with E-state index in [0.29, 0.717) is 42.8 Å². The Labute approximate surface area is 221 Å². The molecule has 10 nitrogen and oxygen atoms in total. The number of rotatable bonds is 7. The molecule has 0 atom stereocenters. The molecule has 0 saturated heterocycles. The maximum Gasteiger partial charge on any atom is 0.407 e. The molecule has 0 unspecified atom stereocenters. The van der Waals surface area contributed by atoms with Gasteiger partial charge in [0.25, 0.3) is 0 Å². The number of carboxylic acid groups (broad SMARTS) is 1. The molecule has 0 bridgehead atoms. The molecule has 4 rings (SSSR count). The van der Waals surface area contributed by atoms with Crippen LogP contribution < -0.4 is 15.4 Å². The predicted molar refractivity (Wildman–Crippen MR) is 143 cm³/mol. The third-order valence-electron chi connectivity index (χ3n) is 5.60. The fraction of sp³-hybridized carbons (Fsp3) is 0.320. The smallest absolute Gasteiger partial charge is 0.407 e. The average Bonchev–Trinajstić information content (AvgIpc) is 2.82. The first kappa shape index (κ1) is 26.6. The lowest BCUT2D eigenvalue weighted by atomic mass is 9.99. The summed E-state index contributed by atoms with van der Waals surface area (Å²) in [5.74, 6) is 0.732. The summed E-state index contributed by atoms with van der Waals surface area (Å²) in [6.45, 7) is 6.48. The molecule has 0 fully saturated rings. The second-order valence-electron chi connectivity index (χ2n) is 9.81. The Bertz CT molecular complexity index is 1420. The summed E-state index contributed by atoms with van der Waals surface area (Å²) < 4.78 is 28.0. The Morgan fingerprint density at radius 2 is 1.95 bits per heavy atom. The van der Waals surface area contributed by atoms with Gasteiger partial charge in [0, 0.05) is 30.9 Å². The summed E-state index contributed by atoms with van der Waals surface area (Å²) >= 11 is 6.30. The summed E-state index contributed by atoms with van der Waals surface area (Å²) in [6, 6.07) is 12.4. The van der Waals surface area contributed by atoms with Gasteiger partial charge in [0.2, 0.25) is 16.0 Å². The van der Waals surface area contributed by atoms with Gasteiger partial charge in [-0.2, -0.15) is 4.98 Å². The number of hydrogen-bond acceptors (Lipinski definition) is 7. The second kappa shape index (κ2) is 10.5. The number of anilines is 3. The van der Waals surface area contributed by atoms with Crippen LogP contribution >= 0.6 is 11.6 Å². The van der Waals surface area contributed by atoms with Gasteiger partial charge in [-0.1, -0.05) is 29.8 Å². The van der Waals surface area contributed by atoms with Gasteiger partial charge in [-0.15, -0.1) is 0 Å². The number of aromatic nitrogens is 2. The quantitative estimate of drug-likeness (QED) is 0.339. The van der Waals surface area contributed by atoms with Gasteiger partial charge in [0.1, 0.15) is 5.02 Å². The standard InChI is InChI=1S/C25H29ClN6O4S/c1-25(2,3)31-37(35,36)20-6-4-5-16(11-20)13-27-22-21(26)14-28-23(30-22)29-19-8-7-18-15-32(24(33)34)10-9-17(18)12-19/h4-8,11-12,14,31H,9-10,13,15H2,1-3H3,(H,33,34)(H2,27,28,29,30). The van der Waals surface area contributed by atoms with Crippen molar-refractivity contribution in [3.8, 4) is 0 Å². The van der Waals surface area contributed by atoms with Crippen LogP contribution in [0.25, 0.3) is 0 Å². The zero-order valence-corrected chi connectivity index (χ0v) is 22.3. The van der Waals surface area contributed by atoms with Gasteiger partial charge >= 0.3 is 6.09 Å². The van der Waals surface area contributed by atoms with Crippen molar-refractivity contribution in [3.63, 3.8) is 0 Å². The van der Waals surface area contributed by atoms with E-state index in [1.54, 1.807) is 39.0 Å². The Balaban J connectivity index is 1.45. The second-order valence-corrected chi connectivity index (χ2v) is 11.9. The molecule has 1 aliphatic heterocycles. The van der Waals surface area contributed by atoms with Gasteiger partial charge in [-0.3, -0.25) is 0 Å². The Hall–Kier alpha value is -3.41. The molecule has 3 aromatic rings. The fourth-order valence-electron chi connectivity index (χ4n) is 3.94. The molecule has 2 aromatic carbocycles. The molecule has 1 aromatic heterocycles. The Kier molecular flexibility index (Phi) is 7.58. The number of hydrogen-bond donors (Lipinski definition) is 4. The molecule has 0 aliphatic carbocycles. The van der Waals surface area contributed by atoms with E-state index in [0.717, 1.165) is 22.4 Å². The summed E-state index contributed by atoms with van der Waals surface area (Å²) in [5, 5.41) is 15.9. The highest BCUT2D eigenvalue weighted by atomic mass is 35.5. The molecule has 12 heteroatoms. The van der Waals surface area contributed by atoms with Crippen LogP contribution in [0.4, 0.5) is 22.2 Å². The molecule has 4 N–H and O–H groups in total. The van der Waals surface area contributed by atoms with E-state index in [1.165, 1.54) is 11.1 Å². The maximum atomic E-state index is 12.7. The van der Waals surface area contributed by atoms with E-state index in [2.05, 4.69) is 25.3 Å². The van der Waals surface area contributed by atoms with Crippen molar-refractivity contribution in [1.29, 1.82) is 0 Å². The van der Waals surface area contributed by atoms with Crippen molar-refractivity contribution in [2.24, 2.45) is 0 Å². The lowest BCUT2D eigenvalue weighted by Gasteiger charge is -2.26. The van der Waals surface area contributed by atoms with Crippen LogP contribution in [-0.2, 0) is 29.5 Å². The van der Waals surface area contributed by atoms with Crippen LogP contribution in [0.2, 0.25) is 5.02 Å². The van der Waals surface area contributed by atoms with Crippen LogP contribution in [0, 0.1) is 0 Å². The van der Waals surface area contributed by atoms with Crippen LogP contribution in [0.5, 0.6) is 0 Å². The third kappa shape index (κ3) is 6.88. The number of nitrogens with one attached hydrogen (secondary N) is 3. The normalized spacial score (nSPS) is 13.7. The van der Waals surface area contributed by atoms with Crippen molar-refractivity contribution >= 4 is 45.2 Å². The van der Waals surface area contributed by atoms with Crippen LogP contribution in [0.1, 0.15) is 37.5 Å².